The zero-order valence-corrected chi connectivity index (χ0v) is 13.3. The number of hydrogen-bond donors (Lipinski definition) is 1. The number of nitrogens with one attached hydrogen (secondary N) is 1. The summed E-state index contributed by atoms with van der Waals surface area (Å²) in [6, 6.07) is 1.56. The number of carbonyl (C=O) groups excluding carboxylic acids is 1. The summed E-state index contributed by atoms with van der Waals surface area (Å²) < 4.78 is 0. The molecule has 1 amide bonds. The van der Waals surface area contributed by atoms with E-state index >= 15 is 0 Å². The molecule has 1 N–H and O–H groups in total. The second kappa shape index (κ2) is 6.14. The van der Waals surface area contributed by atoms with Gasteiger partial charge >= 0.3 is 0 Å². The number of amides is 1. The summed E-state index contributed by atoms with van der Waals surface area (Å²) in [5, 5.41) is 0. The molecule has 7 heteroatoms. The van der Waals surface area contributed by atoms with Crippen LogP contribution in [0.25, 0.3) is 11.5 Å². The lowest BCUT2D eigenvalue weighted by Gasteiger charge is -2.31. The van der Waals surface area contributed by atoms with Gasteiger partial charge in [-0.05, 0) is 25.7 Å². The third-order valence-corrected chi connectivity index (χ3v) is 4.72. The first-order valence-electron chi connectivity index (χ1n) is 8.37. The van der Waals surface area contributed by atoms with Gasteiger partial charge in [0.2, 0.25) is 5.91 Å². The molecular weight excluding hydrogens is 306 g/mol. The van der Waals surface area contributed by atoms with Crippen molar-refractivity contribution >= 4 is 5.91 Å². The lowest BCUT2D eigenvalue weighted by Crippen LogP contribution is -2.39. The smallest absolute Gasteiger partial charge is 0.251 e. The third kappa shape index (κ3) is 3.06. The molecule has 2 fully saturated rings. The predicted octanol–water partition coefficient (Wildman–Crippen LogP) is 1.34. The monoisotopic (exact) mass is 325 g/mol. The van der Waals surface area contributed by atoms with Crippen LogP contribution >= 0.6 is 0 Å². The van der Waals surface area contributed by atoms with Gasteiger partial charge in [-0.25, -0.2) is 9.97 Å². The van der Waals surface area contributed by atoms with Crippen molar-refractivity contribution in [1.29, 1.82) is 0 Å². The molecule has 124 valence electrons. The molecule has 3 heterocycles. The first kappa shape index (κ1) is 15.0. The van der Waals surface area contributed by atoms with E-state index in [1.165, 1.54) is 0 Å². The molecule has 4 rings (SSSR count). The standard InChI is InChI=1S/C17H19N5O2/c23-15-9-13(20-16(21-15)14-10-18-5-6-19-14)11-3-7-22(8-4-11)17(24)12-1-2-12/h5-6,9-12H,1-4,7-8H2,(H,20,21,23). The Hall–Kier alpha value is -2.57. The van der Waals surface area contributed by atoms with Gasteiger partial charge in [0.25, 0.3) is 5.56 Å². The Kier molecular flexibility index (Phi) is 3.84. The van der Waals surface area contributed by atoms with Crippen LogP contribution in [-0.4, -0.2) is 43.8 Å². The van der Waals surface area contributed by atoms with Crippen molar-refractivity contribution in [3.8, 4) is 11.5 Å². The van der Waals surface area contributed by atoms with Gasteiger partial charge in [0, 0.05) is 43.4 Å². The number of H-pyrrole nitrogens is 1. The van der Waals surface area contributed by atoms with E-state index in [4.69, 9.17) is 0 Å². The fourth-order valence-corrected chi connectivity index (χ4v) is 3.21. The van der Waals surface area contributed by atoms with E-state index < -0.39 is 0 Å². The van der Waals surface area contributed by atoms with Gasteiger partial charge in [0.05, 0.1) is 11.9 Å². The fourth-order valence-electron chi connectivity index (χ4n) is 3.21. The summed E-state index contributed by atoms with van der Waals surface area (Å²) in [5.41, 5.74) is 1.15. The van der Waals surface area contributed by atoms with E-state index in [1.807, 2.05) is 4.90 Å². The fraction of sp³-hybridized carbons (Fsp3) is 0.471. The molecule has 2 aliphatic rings. The average molecular weight is 325 g/mol. The average Bonchev–Trinajstić information content (AvgIpc) is 3.47. The predicted molar refractivity (Wildman–Crippen MR) is 87.2 cm³/mol. The summed E-state index contributed by atoms with van der Waals surface area (Å²) in [7, 11) is 0. The maximum Gasteiger partial charge on any atom is 0.251 e. The number of hydrogen-bond acceptors (Lipinski definition) is 5. The van der Waals surface area contributed by atoms with Gasteiger partial charge in [-0.2, -0.15) is 0 Å². The van der Waals surface area contributed by atoms with Crippen LogP contribution in [0.3, 0.4) is 0 Å². The Morgan fingerprint density at radius 3 is 2.62 bits per heavy atom. The lowest BCUT2D eigenvalue weighted by atomic mass is 9.93. The van der Waals surface area contributed by atoms with E-state index in [-0.39, 0.29) is 17.4 Å². The number of aromatic amines is 1. The summed E-state index contributed by atoms with van der Waals surface area (Å²) in [6.45, 7) is 1.49. The molecule has 1 aliphatic carbocycles. The zero-order chi connectivity index (χ0) is 16.5. The van der Waals surface area contributed by atoms with Gasteiger partial charge in [0.1, 0.15) is 5.69 Å². The number of piperidine rings is 1. The normalized spacial score (nSPS) is 18.6. The van der Waals surface area contributed by atoms with Crippen molar-refractivity contribution in [2.24, 2.45) is 5.92 Å². The molecule has 0 spiro atoms. The Morgan fingerprint density at radius 2 is 1.96 bits per heavy atom. The van der Waals surface area contributed by atoms with Crippen LogP contribution in [-0.2, 0) is 4.79 Å². The van der Waals surface area contributed by atoms with Crippen LogP contribution in [0.1, 0.15) is 37.3 Å². The van der Waals surface area contributed by atoms with Gasteiger partial charge < -0.3 is 9.88 Å². The van der Waals surface area contributed by atoms with Crippen LogP contribution in [0, 0.1) is 5.92 Å². The van der Waals surface area contributed by atoms with Crippen molar-refractivity contribution in [3.05, 3.63) is 40.7 Å². The highest BCUT2D eigenvalue weighted by molar-refractivity contribution is 5.81. The number of nitrogens with zero attached hydrogens (tertiary/aromatic N) is 4. The Bertz CT molecular complexity index is 792. The van der Waals surface area contributed by atoms with Crippen molar-refractivity contribution < 1.29 is 4.79 Å². The maximum absolute atomic E-state index is 12.1. The maximum atomic E-state index is 12.1. The molecule has 2 aromatic heterocycles. The Labute approximate surface area is 139 Å². The quantitative estimate of drug-likeness (QED) is 0.919. The SMILES string of the molecule is O=C(C1CC1)N1CCC(c2cc(=O)[nH]c(-c3cnccn3)n2)CC1. The van der Waals surface area contributed by atoms with Gasteiger partial charge in [-0.1, -0.05) is 0 Å². The van der Waals surface area contributed by atoms with Crippen molar-refractivity contribution in [1.82, 2.24) is 24.8 Å². The Morgan fingerprint density at radius 1 is 1.17 bits per heavy atom. The molecule has 7 nitrogen and oxygen atoms in total. The summed E-state index contributed by atoms with van der Waals surface area (Å²) in [4.78, 5) is 41.6. The summed E-state index contributed by atoms with van der Waals surface area (Å²) >= 11 is 0. The second-order valence-corrected chi connectivity index (χ2v) is 6.48. The van der Waals surface area contributed by atoms with Gasteiger partial charge in [0.15, 0.2) is 5.82 Å². The summed E-state index contributed by atoms with van der Waals surface area (Å²) in [6.07, 6.45) is 8.50. The number of carbonyl (C=O) groups is 1. The molecule has 0 aromatic carbocycles. The highest BCUT2D eigenvalue weighted by atomic mass is 16.2. The molecule has 0 bridgehead atoms. The van der Waals surface area contributed by atoms with Crippen LogP contribution in [0.5, 0.6) is 0 Å². The number of rotatable bonds is 3. The molecule has 0 radical (unpaired) electrons. The molecule has 1 saturated heterocycles. The molecule has 1 saturated carbocycles. The van der Waals surface area contributed by atoms with Gasteiger partial charge in [-0.15, -0.1) is 0 Å². The molecule has 0 unspecified atom stereocenters. The highest BCUT2D eigenvalue weighted by Crippen LogP contribution is 2.34. The number of aromatic nitrogens is 4. The number of likely N-dealkylation sites (tertiary alicyclic amines) is 1. The van der Waals surface area contributed by atoms with E-state index in [1.54, 1.807) is 24.7 Å². The minimum absolute atomic E-state index is 0.183. The molecule has 24 heavy (non-hydrogen) atoms. The molecular formula is C17H19N5O2. The van der Waals surface area contributed by atoms with Crippen LogP contribution in [0.15, 0.2) is 29.5 Å². The third-order valence-electron chi connectivity index (χ3n) is 4.72. The van der Waals surface area contributed by atoms with Gasteiger partial charge in [-0.3, -0.25) is 14.6 Å². The summed E-state index contributed by atoms with van der Waals surface area (Å²) in [5.74, 6) is 1.21. The molecule has 2 aromatic rings. The topological polar surface area (TPSA) is 91.8 Å². The minimum atomic E-state index is -0.183. The minimum Gasteiger partial charge on any atom is -0.342 e. The van der Waals surface area contributed by atoms with Crippen molar-refractivity contribution in [3.63, 3.8) is 0 Å². The second-order valence-electron chi connectivity index (χ2n) is 6.48. The molecule has 1 aliphatic heterocycles. The van der Waals surface area contributed by atoms with E-state index in [9.17, 15) is 9.59 Å². The largest absolute Gasteiger partial charge is 0.342 e. The van der Waals surface area contributed by atoms with Crippen LogP contribution in [0.2, 0.25) is 0 Å². The van der Waals surface area contributed by atoms with E-state index in [0.29, 0.717) is 17.4 Å². The first-order chi connectivity index (χ1) is 11.7. The van der Waals surface area contributed by atoms with Crippen molar-refractivity contribution in [2.45, 2.75) is 31.6 Å². The van der Waals surface area contributed by atoms with Crippen molar-refractivity contribution in [2.75, 3.05) is 13.1 Å². The zero-order valence-electron chi connectivity index (χ0n) is 13.3. The lowest BCUT2D eigenvalue weighted by molar-refractivity contribution is -0.133. The Balaban J connectivity index is 1.51. The first-order valence-corrected chi connectivity index (χ1v) is 8.37. The van der Waals surface area contributed by atoms with E-state index in [0.717, 1.165) is 44.5 Å². The van der Waals surface area contributed by atoms with E-state index in [2.05, 4.69) is 19.9 Å². The highest BCUT2D eigenvalue weighted by Gasteiger charge is 2.35. The molecule has 0 atom stereocenters. The van der Waals surface area contributed by atoms with Crippen LogP contribution in [0.4, 0.5) is 0 Å². The van der Waals surface area contributed by atoms with Crippen LogP contribution < -0.4 is 5.56 Å².